The quantitative estimate of drug-likeness (QED) is 0.384. The van der Waals surface area contributed by atoms with Crippen molar-refractivity contribution in [3.05, 3.63) is 87.3 Å². The first-order valence-corrected chi connectivity index (χ1v) is 12.2. The molecule has 2 amide bonds. The minimum Gasteiger partial charge on any atom is -0.497 e. The molecule has 3 aromatic rings. The molecule has 8 nitrogen and oxygen atoms in total. The fourth-order valence-electron chi connectivity index (χ4n) is 4.69. The first-order chi connectivity index (χ1) is 19.7. The van der Waals surface area contributed by atoms with Crippen LogP contribution in [0.1, 0.15) is 27.4 Å². The van der Waals surface area contributed by atoms with Gasteiger partial charge in [0.1, 0.15) is 34.9 Å². The summed E-state index contributed by atoms with van der Waals surface area (Å²) in [5.41, 5.74) is -1.94. The third-order valence-electron chi connectivity index (χ3n) is 6.56. The van der Waals surface area contributed by atoms with E-state index in [2.05, 4.69) is 10.1 Å². The summed E-state index contributed by atoms with van der Waals surface area (Å²) in [5.74, 6) is -6.45. The smallest absolute Gasteiger partial charge is 0.497 e. The van der Waals surface area contributed by atoms with Gasteiger partial charge in [0.15, 0.2) is 0 Å². The summed E-state index contributed by atoms with van der Waals surface area (Å²) < 4.78 is 103. The van der Waals surface area contributed by atoms with E-state index in [0.29, 0.717) is 4.57 Å². The number of carbonyl (C=O) groups excluding carboxylic acids is 2. The van der Waals surface area contributed by atoms with Crippen LogP contribution in [0, 0.1) is 18.6 Å². The van der Waals surface area contributed by atoms with Crippen LogP contribution in [0.4, 0.5) is 36.4 Å². The Morgan fingerprint density at radius 1 is 1.05 bits per heavy atom. The highest BCUT2D eigenvalue weighted by atomic mass is 19.4. The number of anilines is 1. The van der Waals surface area contributed by atoms with Crippen molar-refractivity contribution in [1.29, 1.82) is 0 Å². The van der Waals surface area contributed by atoms with Gasteiger partial charge in [-0.3, -0.25) is 14.4 Å². The van der Waals surface area contributed by atoms with Crippen molar-refractivity contribution in [3.63, 3.8) is 0 Å². The molecule has 0 spiro atoms. The molecule has 1 fully saturated rings. The van der Waals surface area contributed by atoms with Crippen LogP contribution in [0.25, 0.3) is 0 Å². The Balaban J connectivity index is 1.74. The van der Waals surface area contributed by atoms with E-state index in [1.807, 2.05) is 0 Å². The molecule has 1 saturated heterocycles. The zero-order chi connectivity index (χ0) is 30.9. The van der Waals surface area contributed by atoms with Gasteiger partial charge in [0.05, 0.1) is 13.7 Å². The van der Waals surface area contributed by atoms with Gasteiger partial charge in [-0.1, -0.05) is 0 Å². The first kappa shape index (κ1) is 30.4. The van der Waals surface area contributed by atoms with E-state index in [9.17, 15) is 36.3 Å². The average molecular weight is 601 g/mol. The third-order valence-corrected chi connectivity index (χ3v) is 6.56. The molecule has 0 saturated carbocycles. The lowest BCUT2D eigenvalue weighted by molar-refractivity contribution is -0.274. The highest BCUT2D eigenvalue weighted by Gasteiger charge is 2.46. The maximum absolute atomic E-state index is 15.2. The van der Waals surface area contributed by atoms with Gasteiger partial charge in [-0.25, -0.2) is 17.6 Å². The second-order valence-corrected chi connectivity index (χ2v) is 9.28. The van der Waals surface area contributed by atoms with Crippen LogP contribution in [-0.2, 0) is 11.3 Å². The highest BCUT2D eigenvalue weighted by Crippen LogP contribution is 2.36. The Hall–Kier alpha value is -4.56. The maximum atomic E-state index is 15.2. The van der Waals surface area contributed by atoms with Crippen LogP contribution in [-0.4, -0.2) is 48.9 Å². The number of amides is 2. The van der Waals surface area contributed by atoms with Gasteiger partial charge in [-0.05, 0) is 42.8 Å². The van der Waals surface area contributed by atoms with Crippen molar-refractivity contribution in [2.24, 2.45) is 0 Å². The molecule has 1 unspecified atom stereocenters. The number of halogens is 7. The Bertz CT molecular complexity index is 1530. The van der Waals surface area contributed by atoms with Crippen LogP contribution >= 0.6 is 0 Å². The minimum atomic E-state index is -4.98. The van der Waals surface area contributed by atoms with Gasteiger partial charge in [0.2, 0.25) is 5.91 Å². The molecule has 4 rings (SSSR count). The normalized spacial score (nSPS) is 17.1. The molecule has 2 atom stereocenters. The molecule has 0 aliphatic carbocycles. The van der Waals surface area contributed by atoms with Gasteiger partial charge >= 0.3 is 6.36 Å². The summed E-state index contributed by atoms with van der Waals surface area (Å²) in [6, 6.07) is 4.99. The number of ether oxygens (including phenoxy) is 2. The number of benzene rings is 2. The molecule has 0 bridgehead atoms. The van der Waals surface area contributed by atoms with Gasteiger partial charge in [-0.15, -0.1) is 13.2 Å². The summed E-state index contributed by atoms with van der Waals surface area (Å²) in [5, 5.41) is 2.34. The molecule has 2 heterocycles. The fourth-order valence-corrected chi connectivity index (χ4v) is 4.69. The van der Waals surface area contributed by atoms with Crippen molar-refractivity contribution in [1.82, 2.24) is 9.88 Å². The van der Waals surface area contributed by atoms with Crippen molar-refractivity contribution in [2.75, 3.05) is 18.6 Å². The zero-order valence-corrected chi connectivity index (χ0v) is 21.8. The van der Waals surface area contributed by atoms with Crippen molar-refractivity contribution in [2.45, 2.75) is 38.2 Å². The van der Waals surface area contributed by atoms with Gasteiger partial charge in [0.25, 0.3) is 17.9 Å². The number of pyridine rings is 1. The number of aromatic nitrogens is 1. The molecule has 0 radical (unpaired) electrons. The van der Waals surface area contributed by atoms with E-state index < -0.39 is 78.2 Å². The number of nitrogens with one attached hydrogen (secondary N) is 1. The molecule has 224 valence electrons. The number of hydrogen-bond acceptors (Lipinski definition) is 5. The number of rotatable bonds is 8. The van der Waals surface area contributed by atoms with Gasteiger partial charge < -0.3 is 24.3 Å². The van der Waals surface area contributed by atoms with Crippen LogP contribution < -0.4 is 25.2 Å². The predicted octanol–water partition coefficient (Wildman–Crippen LogP) is 4.54. The Labute approximate surface area is 233 Å². The second-order valence-electron chi connectivity index (χ2n) is 9.28. The average Bonchev–Trinajstić information content (AvgIpc) is 3.19. The predicted molar refractivity (Wildman–Crippen MR) is 134 cm³/mol. The highest BCUT2D eigenvalue weighted by molar-refractivity contribution is 6.05. The van der Waals surface area contributed by atoms with Crippen LogP contribution in [0.2, 0.25) is 0 Å². The van der Waals surface area contributed by atoms with Crippen molar-refractivity contribution < 1.29 is 49.8 Å². The fraction of sp³-hybridized carbons (Fsp3) is 0.296. The number of carbonyl (C=O) groups is 2. The Kier molecular flexibility index (Phi) is 8.50. The summed E-state index contributed by atoms with van der Waals surface area (Å²) in [6.45, 7) is -0.0820. The van der Waals surface area contributed by atoms with Crippen molar-refractivity contribution >= 4 is 17.5 Å². The number of hydrogen-bond donors (Lipinski definition) is 1. The van der Waals surface area contributed by atoms with E-state index in [1.54, 1.807) is 0 Å². The number of aryl methyl sites for hydroxylation is 1. The van der Waals surface area contributed by atoms with E-state index >= 15 is 8.78 Å². The molecular formula is C27H22F7N3O5. The Morgan fingerprint density at radius 3 is 2.21 bits per heavy atom. The summed E-state index contributed by atoms with van der Waals surface area (Å²) in [7, 11) is 1.17. The third kappa shape index (κ3) is 6.34. The standard InChI is InChI=1S/C27H22F7N3O5/c1-13-7-8-36(12-20(30)31)26(40)23(13)37-11-17(21-18(28)9-16(41-2)10-19(21)29)22(25(37)39)35-24(38)14-3-5-15(6-4-14)42-27(32,33)34/h3-10,17,20,22H,11-12H2,1-2H3,(H,35,38)/t17-,22?/m0/s1. The van der Waals surface area contributed by atoms with E-state index in [4.69, 9.17) is 4.74 Å². The lowest BCUT2D eigenvalue weighted by atomic mass is 9.92. The molecule has 42 heavy (non-hydrogen) atoms. The SMILES string of the molecule is COc1cc(F)c([C@@H]2CN(c3c(C)ccn(CC(F)F)c3=O)C(=O)C2NC(=O)c2ccc(OC(F)(F)F)cc2)c(F)c1. The molecule has 1 aliphatic heterocycles. The van der Waals surface area contributed by atoms with Crippen LogP contribution in [0.3, 0.4) is 0 Å². The zero-order valence-electron chi connectivity index (χ0n) is 21.8. The largest absolute Gasteiger partial charge is 0.573 e. The number of nitrogens with zero attached hydrogens (tertiary/aromatic N) is 2. The van der Waals surface area contributed by atoms with E-state index in [0.717, 1.165) is 47.5 Å². The monoisotopic (exact) mass is 601 g/mol. The second kappa shape index (κ2) is 11.7. The van der Waals surface area contributed by atoms with Crippen LogP contribution in [0.5, 0.6) is 11.5 Å². The summed E-state index contributed by atoms with van der Waals surface area (Å²) >= 11 is 0. The van der Waals surface area contributed by atoms with E-state index in [-0.39, 0.29) is 22.6 Å². The van der Waals surface area contributed by atoms with Crippen LogP contribution in [0.15, 0.2) is 53.5 Å². The van der Waals surface area contributed by atoms with Gasteiger partial charge in [-0.2, -0.15) is 0 Å². The van der Waals surface area contributed by atoms with E-state index in [1.165, 1.54) is 20.1 Å². The molecular weight excluding hydrogens is 579 g/mol. The Morgan fingerprint density at radius 2 is 1.67 bits per heavy atom. The lowest BCUT2D eigenvalue weighted by Gasteiger charge is -2.20. The van der Waals surface area contributed by atoms with Gasteiger partial charge in [0, 0.05) is 41.9 Å². The van der Waals surface area contributed by atoms with Crippen molar-refractivity contribution in [3.8, 4) is 11.5 Å². The lowest BCUT2D eigenvalue weighted by Crippen LogP contribution is -2.45. The molecule has 1 aromatic heterocycles. The molecule has 1 N–H and O–H groups in total. The molecule has 2 aromatic carbocycles. The summed E-state index contributed by atoms with van der Waals surface area (Å²) in [6.07, 6.45) is -6.77. The number of alkyl halides is 5. The number of methoxy groups -OCH3 is 1. The molecule has 1 aliphatic rings. The first-order valence-electron chi connectivity index (χ1n) is 12.2. The molecule has 15 heteroatoms. The maximum Gasteiger partial charge on any atom is 0.573 e. The topological polar surface area (TPSA) is 89.9 Å². The minimum absolute atomic E-state index is 0.175. The summed E-state index contributed by atoms with van der Waals surface area (Å²) in [4.78, 5) is 40.6.